The Bertz CT molecular complexity index is 161. The summed E-state index contributed by atoms with van der Waals surface area (Å²) in [5, 5.41) is 2.83. The monoisotopic (exact) mass is 187 g/mol. The molecule has 13 heavy (non-hydrogen) atoms. The summed E-state index contributed by atoms with van der Waals surface area (Å²) in [6.45, 7) is 9.30. The van der Waals surface area contributed by atoms with Gasteiger partial charge >= 0.3 is 0 Å². The Kier molecular flexibility index (Phi) is 4.99. The summed E-state index contributed by atoms with van der Waals surface area (Å²) in [5.74, 6) is 0.133. The second-order valence-corrected chi connectivity index (χ2v) is 4.37. The fourth-order valence-electron chi connectivity index (χ4n) is 0.823. The molecule has 0 saturated heterocycles. The standard InChI is InChI=1S/C10H21NO2/c1-8(10(2,3)4)9(12)11-6-7-13-5/h8H,6-7H2,1-5H3,(H,11,12). The summed E-state index contributed by atoms with van der Waals surface area (Å²) in [4.78, 5) is 11.5. The van der Waals surface area contributed by atoms with Crippen molar-refractivity contribution in [3.8, 4) is 0 Å². The van der Waals surface area contributed by atoms with Crippen LogP contribution in [0, 0.1) is 11.3 Å². The zero-order valence-electron chi connectivity index (χ0n) is 9.31. The zero-order chi connectivity index (χ0) is 10.5. The van der Waals surface area contributed by atoms with Gasteiger partial charge in [-0.3, -0.25) is 4.79 Å². The van der Waals surface area contributed by atoms with Gasteiger partial charge in [-0.25, -0.2) is 0 Å². The van der Waals surface area contributed by atoms with E-state index in [4.69, 9.17) is 4.74 Å². The maximum Gasteiger partial charge on any atom is 0.223 e. The quantitative estimate of drug-likeness (QED) is 0.676. The van der Waals surface area contributed by atoms with E-state index in [1.807, 2.05) is 6.92 Å². The number of hydrogen-bond donors (Lipinski definition) is 1. The molecule has 1 atom stereocenters. The molecule has 0 aromatic rings. The highest BCUT2D eigenvalue weighted by molar-refractivity contribution is 5.78. The Labute approximate surface area is 80.8 Å². The van der Waals surface area contributed by atoms with Crippen molar-refractivity contribution < 1.29 is 9.53 Å². The highest BCUT2D eigenvalue weighted by Crippen LogP contribution is 2.24. The zero-order valence-corrected chi connectivity index (χ0v) is 9.31. The van der Waals surface area contributed by atoms with Crippen molar-refractivity contribution in [3.05, 3.63) is 0 Å². The van der Waals surface area contributed by atoms with Gasteiger partial charge in [-0.1, -0.05) is 27.7 Å². The molecule has 0 aliphatic rings. The van der Waals surface area contributed by atoms with Gasteiger partial charge in [0.15, 0.2) is 0 Å². The van der Waals surface area contributed by atoms with Crippen molar-refractivity contribution in [1.29, 1.82) is 0 Å². The number of carbonyl (C=O) groups excluding carboxylic acids is 1. The van der Waals surface area contributed by atoms with Crippen molar-refractivity contribution in [2.75, 3.05) is 20.3 Å². The smallest absolute Gasteiger partial charge is 0.223 e. The first-order chi connectivity index (χ1) is 5.89. The number of rotatable bonds is 4. The second-order valence-electron chi connectivity index (χ2n) is 4.37. The van der Waals surface area contributed by atoms with Crippen LogP contribution in [0.4, 0.5) is 0 Å². The lowest BCUT2D eigenvalue weighted by Crippen LogP contribution is -2.37. The molecule has 3 heteroatoms. The molecule has 0 bridgehead atoms. The first-order valence-corrected chi connectivity index (χ1v) is 4.66. The van der Waals surface area contributed by atoms with Crippen molar-refractivity contribution in [1.82, 2.24) is 5.32 Å². The molecule has 0 fully saturated rings. The van der Waals surface area contributed by atoms with Gasteiger partial charge in [-0.05, 0) is 5.41 Å². The lowest BCUT2D eigenvalue weighted by molar-refractivity contribution is -0.127. The molecule has 0 heterocycles. The summed E-state index contributed by atoms with van der Waals surface area (Å²) in [7, 11) is 1.62. The Morgan fingerprint density at radius 1 is 1.46 bits per heavy atom. The Hall–Kier alpha value is -0.570. The van der Waals surface area contributed by atoms with Crippen LogP contribution in [0.15, 0.2) is 0 Å². The van der Waals surface area contributed by atoms with Crippen LogP contribution < -0.4 is 5.32 Å². The molecule has 0 saturated carbocycles. The molecular weight excluding hydrogens is 166 g/mol. The molecule has 0 radical (unpaired) electrons. The van der Waals surface area contributed by atoms with Gasteiger partial charge in [0.05, 0.1) is 6.61 Å². The van der Waals surface area contributed by atoms with Gasteiger partial charge < -0.3 is 10.1 Å². The normalized spacial score (nSPS) is 13.9. The highest BCUT2D eigenvalue weighted by atomic mass is 16.5. The topological polar surface area (TPSA) is 38.3 Å². The predicted molar refractivity (Wildman–Crippen MR) is 53.5 cm³/mol. The number of methoxy groups -OCH3 is 1. The van der Waals surface area contributed by atoms with E-state index >= 15 is 0 Å². The molecule has 3 nitrogen and oxygen atoms in total. The minimum Gasteiger partial charge on any atom is -0.383 e. The average Bonchev–Trinajstić information content (AvgIpc) is 2.01. The largest absolute Gasteiger partial charge is 0.383 e. The van der Waals surface area contributed by atoms with Crippen molar-refractivity contribution in [2.24, 2.45) is 11.3 Å². The van der Waals surface area contributed by atoms with E-state index in [2.05, 4.69) is 26.1 Å². The third-order valence-electron chi connectivity index (χ3n) is 2.30. The SMILES string of the molecule is COCCNC(=O)C(C)C(C)(C)C. The number of hydrogen-bond acceptors (Lipinski definition) is 2. The molecule has 1 unspecified atom stereocenters. The maximum atomic E-state index is 11.5. The molecule has 1 amide bonds. The van der Waals surface area contributed by atoms with Crippen LogP contribution >= 0.6 is 0 Å². The highest BCUT2D eigenvalue weighted by Gasteiger charge is 2.26. The van der Waals surface area contributed by atoms with E-state index in [0.29, 0.717) is 13.2 Å². The molecule has 0 aliphatic heterocycles. The van der Waals surface area contributed by atoms with Crippen LogP contribution in [-0.2, 0) is 9.53 Å². The van der Waals surface area contributed by atoms with Gasteiger partial charge in [0.1, 0.15) is 0 Å². The summed E-state index contributed by atoms with van der Waals surface area (Å²) < 4.78 is 4.84. The molecule has 0 rings (SSSR count). The summed E-state index contributed by atoms with van der Waals surface area (Å²) in [6.07, 6.45) is 0. The lowest BCUT2D eigenvalue weighted by Gasteiger charge is -2.25. The van der Waals surface area contributed by atoms with Crippen LogP contribution in [0.1, 0.15) is 27.7 Å². The average molecular weight is 187 g/mol. The van der Waals surface area contributed by atoms with E-state index in [9.17, 15) is 4.79 Å². The second kappa shape index (κ2) is 5.22. The molecular formula is C10H21NO2. The third kappa shape index (κ3) is 4.88. The molecule has 0 aliphatic carbocycles. The van der Waals surface area contributed by atoms with E-state index in [1.165, 1.54) is 0 Å². The van der Waals surface area contributed by atoms with E-state index in [0.717, 1.165) is 0 Å². The first kappa shape index (κ1) is 12.4. The van der Waals surface area contributed by atoms with Crippen molar-refractivity contribution in [2.45, 2.75) is 27.7 Å². The van der Waals surface area contributed by atoms with E-state index in [1.54, 1.807) is 7.11 Å². The van der Waals surface area contributed by atoms with Crippen molar-refractivity contribution in [3.63, 3.8) is 0 Å². The number of nitrogens with one attached hydrogen (secondary N) is 1. The summed E-state index contributed by atoms with van der Waals surface area (Å²) in [6, 6.07) is 0. The van der Waals surface area contributed by atoms with Crippen LogP contribution in [0.25, 0.3) is 0 Å². The van der Waals surface area contributed by atoms with E-state index < -0.39 is 0 Å². The van der Waals surface area contributed by atoms with Crippen LogP contribution in [-0.4, -0.2) is 26.2 Å². The number of ether oxygens (including phenoxy) is 1. The maximum absolute atomic E-state index is 11.5. The van der Waals surface area contributed by atoms with Gasteiger partial charge in [-0.2, -0.15) is 0 Å². The van der Waals surface area contributed by atoms with Gasteiger partial charge in [0.2, 0.25) is 5.91 Å². The summed E-state index contributed by atoms with van der Waals surface area (Å²) in [5.41, 5.74) is 0.0250. The third-order valence-corrected chi connectivity index (χ3v) is 2.30. The molecule has 0 spiro atoms. The number of carbonyl (C=O) groups is 1. The minimum atomic E-state index is 0.0250. The van der Waals surface area contributed by atoms with Crippen LogP contribution in [0.5, 0.6) is 0 Å². The van der Waals surface area contributed by atoms with Gasteiger partial charge in [0, 0.05) is 19.6 Å². The number of amides is 1. The Morgan fingerprint density at radius 3 is 2.38 bits per heavy atom. The fraction of sp³-hybridized carbons (Fsp3) is 0.900. The molecule has 1 N–H and O–H groups in total. The molecule has 0 aromatic heterocycles. The minimum absolute atomic E-state index is 0.0250. The predicted octanol–water partition coefficient (Wildman–Crippen LogP) is 1.43. The summed E-state index contributed by atoms with van der Waals surface area (Å²) >= 11 is 0. The van der Waals surface area contributed by atoms with E-state index in [-0.39, 0.29) is 17.2 Å². The van der Waals surface area contributed by atoms with Gasteiger partial charge in [0.25, 0.3) is 0 Å². The van der Waals surface area contributed by atoms with Crippen LogP contribution in [0.2, 0.25) is 0 Å². The lowest BCUT2D eigenvalue weighted by atomic mass is 9.81. The Balaban J connectivity index is 3.84. The van der Waals surface area contributed by atoms with Crippen LogP contribution in [0.3, 0.4) is 0 Å². The molecule has 0 aromatic carbocycles. The fourth-order valence-corrected chi connectivity index (χ4v) is 0.823. The molecule has 78 valence electrons. The van der Waals surface area contributed by atoms with Crippen molar-refractivity contribution >= 4 is 5.91 Å². The van der Waals surface area contributed by atoms with Gasteiger partial charge in [-0.15, -0.1) is 0 Å². The Morgan fingerprint density at radius 2 is 2.00 bits per heavy atom. The first-order valence-electron chi connectivity index (χ1n) is 4.66.